The molecule has 3 nitrogen and oxygen atoms in total. The van der Waals surface area contributed by atoms with Crippen LogP contribution in [0.15, 0.2) is 18.2 Å². The molecule has 0 spiro atoms. The molecule has 5 heteroatoms. The highest BCUT2D eigenvalue weighted by Crippen LogP contribution is 2.23. The molecule has 0 saturated heterocycles. The van der Waals surface area contributed by atoms with E-state index in [-0.39, 0.29) is 22.0 Å². The first-order valence-corrected chi connectivity index (χ1v) is 6.78. The quantitative estimate of drug-likeness (QED) is 0.887. The molecule has 0 aromatic heterocycles. The van der Waals surface area contributed by atoms with E-state index in [0.29, 0.717) is 11.6 Å². The summed E-state index contributed by atoms with van der Waals surface area (Å²) in [6.45, 7) is 4.60. The van der Waals surface area contributed by atoms with Crippen LogP contribution in [0.2, 0.25) is 5.02 Å². The molecular formula is C12H16ClNO2S. The Morgan fingerprint density at radius 1 is 1.53 bits per heavy atom. The van der Waals surface area contributed by atoms with E-state index in [4.69, 9.17) is 11.6 Å². The normalized spacial score (nSPS) is 11.3. The number of hydrogen-bond acceptors (Lipinski definition) is 3. The first kappa shape index (κ1) is 14.2. The average Bonchev–Trinajstić information content (AvgIpc) is 2.29. The lowest BCUT2D eigenvalue weighted by Gasteiger charge is -2.22. The molecule has 1 aromatic carbocycles. The number of carbonyl (C=O) groups is 1. The third-order valence-corrected chi connectivity index (χ3v) is 3.92. The van der Waals surface area contributed by atoms with Gasteiger partial charge in [0.05, 0.1) is 5.56 Å². The van der Waals surface area contributed by atoms with Crippen LogP contribution in [0.1, 0.15) is 24.2 Å². The molecular weight excluding hydrogens is 258 g/mol. The number of carbonyl (C=O) groups excluding carboxylic acids is 1. The smallest absolute Gasteiger partial charge is 0.255 e. The van der Waals surface area contributed by atoms with Gasteiger partial charge < -0.3 is 10.4 Å². The van der Waals surface area contributed by atoms with Crippen molar-refractivity contribution in [1.29, 1.82) is 0 Å². The summed E-state index contributed by atoms with van der Waals surface area (Å²) in [6, 6.07) is 4.41. The van der Waals surface area contributed by atoms with Crippen molar-refractivity contribution in [2.24, 2.45) is 0 Å². The molecule has 0 saturated carbocycles. The second kappa shape index (κ2) is 5.65. The summed E-state index contributed by atoms with van der Waals surface area (Å²) in [5.74, 6) is -0.374. The maximum atomic E-state index is 11.8. The van der Waals surface area contributed by atoms with Crippen molar-refractivity contribution in [2.45, 2.75) is 18.6 Å². The van der Waals surface area contributed by atoms with Crippen molar-refractivity contribution in [3.05, 3.63) is 28.8 Å². The van der Waals surface area contributed by atoms with E-state index >= 15 is 0 Å². The van der Waals surface area contributed by atoms with Crippen LogP contribution in [0.5, 0.6) is 5.75 Å². The summed E-state index contributed by atoms with van der Waals surface area (Å²) in [7, 11) is 0. The number of halogens is 1. The van der Waals surface area contributed by atoms with Gasteiger partial charge in [0.1, 0.15) is 5.75 Å². The minimum absolute atomic E-state index is 0.0378. The Hall–Kier alpha value is -0.870. The predicted octanol–water partition coefficient (Wildman–Crippen LogP) is 2.92. The van der Waals surface area contributed by atoms with E-state index in [9.17, 15) is 9.90 Å². The Balaban J connectivity index is 2.74. The lowest BCUT2D eigenvalue weighted by Crippen LogP contribution is -2.36. The first-order chi connectivity index (χ1) is 7.85. The second-order valence-electron chi connectivity index (χ2n) is 4.31. The number of phenols is 1. The van der Waals surface area contributed by atoms with Crippen molar-refractivity contribution >= 4 is 29.3 Å². The molecule has 1 aromatic rings. The molecule has 0 aliphatic heterocycles. The van der Waals surface area contributed by atoms with Crippen LogP contribution < -0.4 is 5.32 Å². The molecule has 0 aliphatic rings. The topological polar surface area (TPSA) is 49.3 Å². The molecule has 1 rings (SSSR count). The molecule has 0 heterocycles. The molecule has 17 heavy (non-hydrogen) atoms. The monoisotopic (exact) mass is 273 g/mol. The summed E-state index contributed by atoms with van der Waals surface area (Å²) in [4.78, 5) is 11.8. The van der Waals surface area contributed by atoms with Gasteiger partial charge in [-0.2, -0.15) is 11.8 Å². The van der Waals surface area contributed by atoms with E-state index in [1.165, 1.54) is 12.1 Å². The molecule has 0 unspecified atom stereocenters. The standard InChI is InChI=1S/C12H16ClNO2S/c1-12(2,17-3)7-14-11(16)9-6-8(13)4-5-10(9)15/h4-6,15H,7H2,1-3H3,(H,14,16). The molecule has 0 atom stereocenters. The number of phenolic OH excluding ortho intramolecular Hbond substituents is 1. The van der Waals surface area contributed by atoms with Gasteiger partial charge in [0, 0.05) is 16.3 Å². The number of hydrogen-bond donors (Lipinski definition) is 2. The molecule has 1 amide bonds. The van der Waals surface area contributed by atoms with Crippen LogP contribution in [-0.2, 0) is 0 Å². The van der Waals surface area contributed by atoms with Crippen LogP contribution >= 0.6 is 23.4 Å². The molecule has 94 valence electrons. The van der Waals surface area contributed by atoms with Gasteiger partial charge in [-0.1, -0.05) is 11.6 Å². The molecule has 0 radical (unpaired) electrons. The van der Waals surface area contributed by atoms with Crippen molar-refractivity contribution in [2.75, 3.05) is 12.8 Å². The summed E-state index contributed by atoms with van der Waals surface area (Å²) < 4.78 is -0.0378. The fourth-order valence-electron chi connectivity index (χ4n) is 1.15. The lowest BCUT2D eigenvalue weighted by atomic mass is 10.1. The Kier molecular flexibility index (Phi) is 4.71. The Morgan fingerprint density at radius 2 is 2.18 bits per heavy atom. The van der Waals surface area contributed by atoms with Crippen LogP contribution in [-0.4, -0.2) is 28.6 Å². The zero-order valence-electron chi connectivity index (χ0n) is 10.1. The molecule has 0 bridgehead atoms. The number of aromatic hydroxyl groups is 1. The number of benzene rings is 1. The maximum Gasteiger partial charge on any atom is 0.255 e. The van der Waals surface area contributed by atoms with Gasteiger partial charge in [-0.3, -0.25) is 4.79 Å². The van der Waals surface area contributed by atoms with Gasteiger partial charge in [0.2, 0.25) is 0 Å². The largest absolute Gasteiger partial charge is 0.507 e. The zero-order chi connectivity index (χ0) is 13.1. The minimum atomic E-state index is -0.313. The Morgan fingerprint density at radius 3 is 2.76 bits per heavy atom. The highest BCUT2D eigenvalue weighted by Gasteiger charge is 2.18. The van der Waals surface area contributed by atoms with Crippen molar-refractivity contribution in [3.8, 4) is 5.75 Å². The molecule has 2 N–H and O–H groups in total. The van der Waals surface area contributed by atoms with Crippen LogP contribution in [0.3, 0.4) is 0 Å². The Labute approximate surface area is 111 Å². The van der Waals surface area contributed by atoms with E-state index < -0.39 is 0 Å². The number of thioether (sulfide) groups is 1. The van der Waals surface area contributed by atoms with E-state index in [0.717, 1.165) is 0 Å². The number of nitrogens with one attached hydrogen (secondary N) is 1. The van der Waals surface area contributed by atoms with Crippen LogP contribution in [0.25, 0.3) is 0 Å². The van der Waals surface area contributed by atoms with Crippen molar-refractivity contribution in [3.63, 3.8) is 0 Å². The van der Waals surface area contributed by atoms with Crippen LogP contribution in [0.4, 0.5) is 0 Å². The lowest BCUT2D eigenvalue weighted by molar-refractivity contribution is 0.0948. The first-order valence-electron chi connectivity index (χ1n) is 5.17. The predicted molar refractivity (Wildman–Crippen MR) is 73.0 cm³/mol. The second-order valence-corrected chi connectivity index (χ2v) is 6.26. The minimum Gasteiger partial charge on any atom is -0.507 e. The SMILES string of the molecule is CSC(C)(C)CNC(=O)c1cc(Cl)ccc1O. The highest BCUT2D eigenvalue weighted by molar-refractivity contribution is 7.99. The third-order valence-electron chi connectivity index (χ3n) is 2.43. The highest BCUT2D eigenvalue weighted by atomic mass is 35.5. The third kappa shape index (κ3) is 4.13. The fraction of sp³-hybridized carbons (Fsp3) is 0.417. The summed E-state index contributed by atoms with van der Waals surface area (Å²) in [5.41, 5.74) is 0.203. The maximum absolute atomic E-state index is 11.8. The van der Waals surface area contributed by atoms with Gasteiger partial charge in [0.15, 0.2) is 0 Å². The molecule has 0 aliphatic carbocycles. The van der Waals surface area contributed by atoms with Crippen LogP contribution in [0, 0.1) is 0 Å². The van der Waals surface area contributed by atoms with Gasteiger partial charge in [-0.15, -0.1) is 0 Å². The summed E-state index contributed by atoms with van der Waals surface area (Å²) in [6.07, 6.45) is 1.99. The van der Waals surface area contributed by atoms with E-state index in [1.807, 2.05) is 20.1 Å². The van der Waals surface area contributed by atoms with Gasteiger partial charge in [-0.05, 0) is 38.3 Å². The van der Waals surface area contributed by atoms with Crippen molar-refractivity contribution < 1.29 is 9.90 Å². The van der Waals surface area contributed by atoms with Gasteiger partial charge in [0.25, 0.3) is 5.91 Å². The summed E-state index contributed by atoms with van der Waals surface area (Å²) in [5, 5.41) is 12.8. The van der Waals surface area contributed by atoms with Crippen molar-refractivity contribution in [1.82, 2.24) is 5.32 Å². The fourth-order valence-corrected chi connectivity index (χ4v) is 1.54. The number of amides is 1. The Bertz CT molecular complexity index is 421. The summed E-state index contributed by atoms with van der Waals surface area (Å²) >= 11 is 7.45. The van der Waals surface area contributed by atoms with E-state index in [1.54, 1.807) is 17.8 Å². The van der Waals surface area contributed by atoms with Gasteiger partial charge >= 0.3 is 0 Å². The molecule has 0 fully saturated rings. The zero-order valence-corrected chi connectivity index (χ0v) is 11.7. The van der Waals surface area contributed by atoms with Gasteiger partial charge in [-0.25, -0.2) is 0 Å². The van der Waals surface area contributed by atoms with E-state index in [2.05, 4.69) is 5.32 Å². The number of rotatable bonds is 4. The average molecular weight is 274 g/mol.